The second kappa shape index (κ2) is 5.16. The first-order valence-corrected chi connectivity index (χ1v) is 7.14. The lowest BCUT2D eigenvalue weighted by atomic mass is 9.90. The highest BCUT2D eigenvalue weighted by Gasteiger charge is 2.36. The SMILES string of the molecule is O=C(C1CC1)C1CCN(C(=O)c2ccccc2)CC1. The van der Waals surface area contributed by atoms with E-state index in [0.717, 1.165) is 44.3 Å². The average molecular weight is 257 g/mol. The fourth-order valence-corrected chi connectivity index (χ4v) is 2.83. The average Bonchev–Trinajstić information content (AvgIpc) is 3.31. The zero-order valence-electron chi connectivity index (χ0n) is 11.0. The molecule has 0 N–H and O–H groups in total. The highest BCUT2D eigenvalue weighted by atomic mass is 16.2. The number of benzene rings is 1. The molecular weight excluding hydrogens is 238 g/mol. The second-order valence-corrected chi connectivity index (χ2v) is 5.61. The summed E-state index contributed by atoms with van der Waals surface area (Å²) in [5.74, 6) is 1.10. The molecule has 0 unspecified atom stereocenters. The Morgan fingerprint density at radius 1 is 0.895 bits per heavy atom. The Morgan fingerprint density at radius 2 is 1.47 bits per heavy atom. The Balaban J connectivity index is 1.58. The lowest BCUT2D eigenvalue weighted by molar-refractivity contribution is -0.125. The molecule has 1 saturated carbocycles. The molecule has 100 valence electrons. The lowest BCUT2D eigenvalue weighted by Crippen LogP contribution is -2.40. The Bertz CT molecular complexity index is 471. The van der Waals surface area contributed by atoms with Gasteiger partial charge >= 0.3 is 0 Å². The minimum atomic E-state index is 0.0953. The van der Waals surface area contributed by atoms with Gasteiger partial charge in [0.15, 0.2) is 0 Å². The maximum absolute atomic E-state index is 12.3. The first kappa shape index (κ1) is 12.4. The minimum absolute atomic E-state index is 0.0953. The van der Waals surface area contributed by atoms with Gasteiger partial charge in [0.05, 0.1) is 0 Å². The number of nitrogens with zero attached hydrogens (tertiary/aromatic N) is 1. The third kappa shape index (κ3) is 2.70. The largest absolute Gasteiger partial charge is 0.339 e. The van der Waals surface area contributed by atoms with Gasteiger partial charge in [-0.1, -0.05) is 18.2 Å². The van der Waals surface area contributed by atoms with Crippen LogP contribution in [0.15, 0.2) is 30.3 Å². The highest BCUT2D eigenvalue weighted by Crippen LogP contribution is 2.35. The number of carbonyl (C=O) groups excluding carboxylic acids is 2. The minimum Gasteiger partial charge on any atom is -0.339 e. The monoisotopic (exact) mass is 257 g/mol. The van der Waals surface area contributed by atoms with Crippen LogP contribution in [0.4, 0.5) is 0 Å². The summed E-state index contributed by atoms with van der Waals surface area (Å²) in [7, 11) is 0. The smallest absolute Gasteiger partial charge is 0.253 e. The van der Waals surface area contributed by atoms with Crippen LogP contribution in [0.3, 0.4) is 0 Å². The van der Waals surface area contributed by atoms with Crippen LogP contribution in [0.5, 0.6) is 0 Å². The summed E-state index contributed by atoms with van der Waals surface area (Å²) in [6.07, 6.45) is 3.85. The molecule has 0 radical (unpaired) electrons. The lowest BCUT2D eigenvalue weighted by Gasteiger charge is -2.31. The van der Waals surface area contributed by atoms with Crippen molar-refractivity contribution < 1.29 is 9.59 Å². The molecule has 19 heavy (non-hydrogen) atoms. The summed E-state index contributed by atoms with van der Waals surface area (Å²) >= 11 is 0. The number of Topliss-reactive ketones (excluding diaryl/α,β-unsaturated/α-hetero) is 1. The molecule has 0 spiro atoms. The summed E-state index contributed by atoms with van der Waals surface area (Å²) in [4.78, 5) is 26.1. The van der Waals surface area contributed by atoms with Crippen molar-refractivity contribution in [3.05, 3.63) is 35.9 Å². The normalized spacial score (nSPS) is 20.3. The number of ketones is 1. The Hall–Kier alpha value is -1.64. The van der Waals surface area contributed by atoms with Gasteiger partial charge in [-0.3, -0.25) is 9.59 Å². The first-order valence-electron chi connectivity index (χ1n) is 7.14. The maximum atomic E-state index is 12.3. The van der Waals surface area contributed by atoms with Crippen molar-refractivity contribution >= 4 is 11.7 Å². The van der Waals surface area contributed by atoms with Crippen LogP contribution in [0.2, 0.25) is 0 Å². The number of rotatable bonds is 3. The molecule has 1 aromatic carbocycles. The standard InChI is InChI=1S/C16H19NO2/c18-15(12-6-7-12)13-8-10-17(11-9-13)16(19)14-4-2-1-3-5-14/h1-5,12-13H,6-11H2. The highest BCUT2D eigenvalue weighted by molar-refractivity contribution is 5.94. The summed E-state index contributed by atoms with van der Waals surface area (Å²) in [5.41, 5.74) is 0.745. The zero-order valence-corrected chi connectivity index (χ0v) is 11.0. The summed E-state index contributed by atoms with van der Waals surface area (Å²) in [6, 6.07) is 9.39. The van der Waals surface area contributed by atoms with Crippen molar-refractivity contribution in [2.24, 2.45) is 11.8 Å². The second-order valence-electron chi connectivity index (χ2n) is 5.61. The van der Waals surface area contributed by atoms with E-state index in [-0.39, 0.29) is 11.8 Å². The van der Waals surface area contributed by atoms with Gasteiger partial charge < -0.3 is 4.90 Å². The van der Waals surface area contributed by atoms with Crippen LogP contribution in [-0.4, -0.2) is 29.7 Å². The fraction of sp³-hybridized carbons (Fsp3) is 0.500. The topological polar surface area (TPSA) is 37.4 Å². The maximum Gasteiger partial charge on any atom is 0.253 e. The van der Waals surface area contributed by atoms with Gasteiger partial charge in [0.2, 0.25) is 0 Å². The number of carbonyl (C=O) groups is 2. The number of hydrogen-bond donors (Lipinski definition) is 0. The molecule has 2 aliphatic rings. The van der Waals surface area contributed by atoms with Crippen molar-refractivity contribution in [3.8, 4) is 0 Å². The molecule has 1 saturated heterocycles. The van der Waals surface area contributed by atoms with Crippen LogP contribution in [0.1, 0.15) is 36.0 Å². The van der Waals surface area contributed by atoms with E-state index in [9.17, 15) is 9.59 Å². The molecule has 3 heteroatoms. The number of likely N-dealkylation sites (tertiary alicyclic amines) is 1. The molecule has 3 rings (SSSR count). The third-order valence-electron chi connectivity index (χ3n) is 4.18. The van der Waals surface area contributed by atoms with Crippen molar-refractivity contribution in [1.29, 1.82) is 0 Å². The fourth-order valence-electron chi connectivity index (χ4n) is 2.83. The third-order valence-corrected chi connectivity index (χ3v) is 4.18. The molecule has 1 amide bonds. The molecule has 2 fully saturated rings. The van der Waals surface area contributed by atoms with Crippen LogP contribution < -0.4 is 0 Å². The van der Waals surface area contributed by atoms with Crippen molar-refractivity contribution in [2.75, 3.05) is 13.1 Å². The van der Waals surface area contributed by atoms with Gasteiger partial charge in [0.1, 0.15) is 5.78 Å². The molecule has 1 aliphatic heterocycles. The Labute approximate surface area is 113 Å². The van der Waals surface area contributed by atoms with Gasteiger partial charge in [0, 0.05) is 30.5 Å². The quantitative estimate of drug-likeness (QED) is 0.834. The van der Waals surface area contributed by atoms with Crippen molar-refractivity contribution in [3.63, 3.8) is 0 Å². The van der Waals surface area contributed by atoms with Crippen LogP contribution >= 0.6 is 0 Å². The van der Waals surface area contributed by atoms with E-state index < -0.39 is 0 Å². The Kier molecular flexibility index (Phi) is 3.36. The van der Waals surface area contributed by atoms with Gasteiger partial charge in [-0.25, -0.2) is 0 Å². The molecule has 3 nitrogen and oxygen atoms in total. The first-order chi connectivity index (χ1) is 9.25. The Morgan fingerprint density at radius 3 is 2.05 bits per heavy atom. The van der Waals surface area contributed by atoms with Gasteiger partial charge in [0.25, 0.3) is 5.91 Å². The van der Waals surface area contributed by atoms with Crippen LogP contribution in [0, 0.1) is 11.8 Å². The molecule has 0 bridgehead atoms. The summed E-state index contributed by atoms with van der Waals surface area (Å²) in [5, 5.41) is 0. The number of amides is 1. The van der Waals surface area contributed by atoms with E-state index in [4.69, 9.17) is 0 Å². The molecule has 1 aromatic rings. The van der Waals surface area contributed by atoms with E-state index in [1.807, 2.05) is 35.2 Å². The van der Waals surface area contributed by atoms with Crippen LogP contribution in [0.25, 0.3) is 0 Å². The molecular formula is C16H19NO2. The number of piperidine rings is 1. The van der Waals surface area contributed by atoms with E-state index >= 15 is 0 Å². The van der Waals surface area contributed by atoms with E-state index in [1.54, 1.807) is 0 Å². The predicted molar refractivity (Wildman–Crippen MR) is 72.8 cm³/mol. The van der Waals surface area contributed by atoms with Crippen LogP contribution in [-0.2, 0) is 4.79 Å². The number of hydrogen-bond acceptors (Lipinski definition) is 2. The summed E-state index contributed by atoms with van der Waals surface area (Å²) < 4.78 is 0. The van der Waals surface area contributed by atoms with Gasteiger partial charge in [-0.05, 0) is 37.8 Å². The van der Waals surface area contributed by atoms with Crippen molar-refractivity contribution in [2.45, 2.75) is 25.7 Å². The molecule has 0 atom stereocenters. The summed E-state index contributed by atoms with van der Waals surface area (Å²) in [6.45, 7) is 1.44. The van der Waals surface area contributed by atoms with Gasteiger partial charge in [-0.15, -0.1) is 0 Å². The predicted octanol–water partition coefficient (Wildman–Crippen LogP) is 2.52. The van der Waals surface area contributed by atoms with E-state index in [2.05, 4.69) is 0 Å². The van der Waals surface area contributed by atoms with Crippen molar-refractivity contribution in [1.82, 2.24) is 4.90 Å². The van der Waals surface area contributed by atoms with E-state index in [0.29, 0.717) is 11.7 Å². The van der Waals surface area contributed by atoms with E-state index in [1.165, 1.54) is 0 Å². The van der Waals surface area contributed by atoms with Gasteiger partial charge in [-0.2, -0.15) is 0 Å². The zero-order chi connectivity index (χ0) is 13.2. The molecule has 0 aromatic heterocycles. The molecule has 1 aliphatic carbocycles. The molecule has 1 heterocycles.